The third-order valence-corrected chi connectivity index (χ3v) is 2.30. The minimum absolute atomic E-state index is 0.323. The number of ether oxygens (including phenoxy) is 1. The minimum Gasteiger partial charge on any atom is -0.497 e. The Kier molecular flexibility index (Phi) is 2.44. The van der Waals surface area contributed by atoms with E-state index in [2.05, 4.69) is 11.1 Å². The van der Waals surface area contributed by atoms with Crippen molar-refractivity contribution >= 4 is 22.5 Å². The van der Waals surface area contributed by atoms with Crippen LogP contribution in [0.1, 0.15) is 5.56 Å². The van der Waals surface area contributed by atoms with Crippen LogP contribution < -0.4 is 4.74 Å². The number of pyridine rings is 1. The third kappa shape index (κ3) is 1.72. The normalized spacial score (nSPS) is 9.93. The Morgan fingerprint density at radius 1 is 1.40 bits per heavy atom. The van der Waals surface area contributed by atoms with Crippen molar-refractivity contribution in [1.29, 1.82) is 5.26 Å². The summed E-state index contributed by atoms with van der Waals surface area (Å²) in [6, 6.07) is 8.97. The van der Waals surface area contributed by atoms with Crippen molar-refractivity contribution in [3.05, 3.63) is 35.0 Å². The lowest BCUT2D eigenvalue weighted by molar-refractivity contribution is 0.415. The number of aromatic nitrogens is 1. The van der Waals surface area contributed by atoms with Crippen molar-refractivity contribution < 1.29 is 4.74 Å². The van der Waals surface area contributed by atoms with Crippen LogP contribution in [0.4, 0.5) is 0 Å². The Hall–Kier alpha value is -1.79. The number of halogens is 1. The van der Waals surface area contributed by atoms with E-state index in [0.717, 1.165) is 5.39 Å². The first-order valence-electron chi connectivity index (χ1n) is 4.29. The second-order valence-corrected chi connectivity index (χ2v) is 3.37. The molecule has 1 heterocycles. The van der Waals surface area contributed by atoms with E-state index >= 15 is 0 Å². The average molecular weight is 219 g/mol. The lowest BCUT2D eigenvalue weighted by Gasteiger charge is -2.03. The molecule has 0 unspecified atom stereocenters. The van der Waals surface area contributed by atoms with Crippen molar-refractivity contribution in [2.24, 2.45) is 0 Å². The fourth-order valence-electron chi connectivity index (χ4n) is 1.39. The van der Waals surface area contributed by atoms with Crippen molar-refractivity contribution in [3.8, 4) is 11.8 Å². The fraction of sp³-hybridized carbons (Fsp3) is 0.0909. The van der Waals surface area contributed by atoms with E-state index in [1.54, 1.807) is 31.4 Å². The van der Waals surface area contributed by atoms with Crippen LogP contribution in [0.2, 0.25) is 5.15 Å². The predicted octanol–water partition coefficient (Wildman–Crippen LogP) is 2.77. The van der Waals surface area contributed by atoms with Crippen LogP contribution in [-0.2, 0) is 0 Å². The average Bonchev–Trinajstić information content (AvgIpc) is 2.27. The number of methoxy groups -OCH3 is 1. The van der Waals surface area contributed by atoms with Gasteiger partial charge in [-0.15, -0.1) is 0 Å². The summed E-state index contributed by atoms with van der Waals surface area (Å²) in [7, 11) is 1.58. The first kappa shape index (κ1) is 9.75. The van der Waals surface area contributed by atoms with Gasteiger partial charge < -0.3 is 4.74 Å². The molecular weight excluding hydrogens is 212 g/mol. The summed E-state index contributed by atoms with van der Waals surface area (Å²) in [4.78, 5) is 4.12. The van der Waals surface area contributed by atoms with E-state index in [4.69, 9.17) is 21.6 Å². The van der Waals surface area contributed by atoms with Gasteiger partial charge in [-0.2, -0.15) is 5.26 Å². The van der Waals surface area contributed by atoms with Crippen molar-refractivity contribution in [1.82, 2.24) is 4.98 Å². The zero-order valence-electron chi connectivity index (χ0n) is 7.99. The molecule has 0 saturated heterocycles. The molecule has 0 spiro atoms. The van der Waals surface area contributed by atoms with Gasteiger partial charge in [0.05, 0.1) is 24.3 Å². The van der Waals surface area contributed by atoms with Crippen LogP contribution in [0.5, 0.6) is 5.75 Å². The van der Waals surface area contributed by atoms with Crippen LogP contribution in [0.25, 0.3) is 10.9 Å². The van der Waals surface area contributed by atoms with Crippen LogP contribution in [0, 0.1) is 11.3 Å². The van der Waals surface area contributed by atoms with Crippen LogP contribution in [0.3, 0.4) is 0 Å². The van der Waals surface area contributed by atoms with E-state index in [9.17, 15) is 0 Å². The summed E-state index contributed by atoms with van der Waals surface area (Å²) >= 11 is 5.78. The Morgan fingerprint density at radius 3 is 2.87 bits per heavy atom. The Morgan fingerprint density at radius 2 is 2.20 bits per heavy atom. The summed E-state index contributed by atoms with van der Waals surface area (Å²) in [6.07, 6.45) is 0. The second-order valence-electron chi connectivity index (χ2n) is 2.99. The molecule has 1 aromatic carbocycles. The van der Waals surface area contributed by atoms with Gasteiger partial charge in [-0.25, -0.2) is 4.98 Å². The maximum absolute atomic E-state index is 8.95. The van der Waals surface area contributed by atoms with Gasteiger partial charge in [0.2, 0.25) is 0 Å². The summed E-state index contributed by atoms with van der Waals surface area (Å²) in [5.74, 6) is 0.697. The molecule has 0 N–H and O–H groups in total. The molecule has 0 bridgehead atoms. The number of nitriles is 1. The maximum atomic E-state index is 8.95. The van der Waals surface area contributed by atoms with Crippen molar-refractivity contribution in [2.75, 3.05) is 7.11 Å². The molecule has 2 rings (SSSR count). The van der Waals surface area contributed by atoms with Crippen LogP contribution in [0.15, 0.2) is 24.3 Å². The lowest BCUT2D eigenvalue weighted by Crippen LogP contribution is -1.88. The zero-order valence-corrected chi connectivity index (χ0v) is 8.75. The monoisotopic (exact) mass is 218 g/mol. The Labute approximate surface area is 91.9 Å². The molecule has 0 radical (unpaired) electrons. The largest absolute Gasteiger partial charge is 0.497 e. The quantitative estimate of drug-likeness (QED) is 0.692. The molecule has 0 atom stereocenters. The first-order valence-corrected chi connectivity index (χ1v) is 4.67. The Balaban J connectivity index is 2.81. The highest BCUT2D eigenvalue weighted by Gasteiger charge is 2.05. The number of benzene rings is 1. The van der Waals surface area contributed by atoms with E-state index in [0.29, 0.717) is 22.0 Å². The number of hydrogen-bond donors (Lipinski definition) is 0. The van der Waals surface area contributed by atoms with Crippen LogP contribution >= 0.6 is 11.6 Å². The van der Waals surface area contributed by atoms with E-state index in [1.165, 1.54) is 0 Å². The van der Waals surface area contributed by atoms with Gasteiger partial charge >= 0.3 is 0 Å². The number of fused-ring (bicyclic) bond motifs is 1. The Bertz CT molecular complexity index is 560. The predicted molar refractivity (Wildman–Crippen MR) is 58.0 cm³/mol. The fourth-order valence-corrected chi connectivity index (χ4v) is 1.59. The van der Waals surface area contributed by atoms with Gasteiger partial charge in [0.25, 0.3) is 0 Å². The van der Waals surface area contributed by atoms with Gasteiger partial charge in [-0.05, 0) is 24.3 Å². The van der Waals surface area contributed by atoms with E-state index in [1.807, 2.05) is 0 Å². The lowest BCUT2D eigenvalue weighted by atomic mass is 10.1. The maximum Gasteiger partial charge on any atom is 0.131 e. The highest BCUT2D eigenvalue weighted by Crippen LogP contribution is 2.24. The summed E-state index contributed by atoms with van der Waals surface area (Å²) < 4.78 is 5.08. The third-order valence-electron chi connectivity index (χ3n) is 2.11. The summed E-state index contributed by atoms with van der Waals surface area (Å²) in [5, 5.41) is 10.0. The molecule has 4 heteroatoms. The molecule has 3 nitrogen and oxygen atoms in total. The highest BCUT2D eigenvalue weighted by atomic mass is 35.5. The van der Waals surface area contributed by atoms with Crippen molar-refractivity contribution in [2.45, 2.75) is 0 Å². The molecule has 0 fully saturated rings. The van der Waals surface area contributed by atoms with Gasteiger partial charge in [0, 0.05) is 5.39 Å². The van der Waals surface area contributed by atoms with Gasteiger partial charge in [0.1, 0.15) is 10.9 Å². The summed E-state index contributed by atoms with van der Waals surface area (Å²) in [6.45, 7) is 0. The molecule has 0 aliphatic carbocycles. The molecule has 15 heavy (non-hydrogen) atoms. The van der Waals surface area contributed by atoms with Crippen LogP contribution in [-0.4, -0.2) is 12.1 Å². The highest BCUT2D eigenvalue weighted by molar-refractivity contribution is 6.30. The molecule has 74 valence electrons. The van der Waals surface area contributed by atoms with E-state index < -0.39 is 0 Å². The van der Waals surface area contributed by atoms with Crippen molar-refractivity contribution in [3.63, 3.8) is 0 Å². The van der Waals surface area contributed by atoms with Gasteiger partial charge in [-0.3, -0.25) is 0 Å². The molecule has 1 aromatic heterocycles. The smallest absolute Gasteiger partial charge is 0.131 e. The molecule has 2 aromatic rings. The zero-order chi connectivity index (χ0) is 10.8. The number of hydrogen-bond acceptors (Lipinski definition) is 3. The molecule has 0 amide bonds. The number of nitrogens with zero attached hydrogens (tertiary/aromatic N) is 2. The first-order chi connectivity index (χ1) is 7.24. The molecule has 0 aliphatic rings. The number of rotatable bonds is 1. The van der Waals surface area contributed by atoms with Gasteiger partial charge in [-0.1, -0.05) is 11.6 Å². The standard InChI is InChI=1S/C11H7ClN2O/c1-15-8-2-3-10-9(5-8)7(6-13)4-11(12)14-10/h2-5H,1H3. The topological polar surface area (TPSA) is 45.9 Å². The second kappa shape index (κ2) is 3.76. The van der Waals surface area contributed by atoms with Gasteiger partial charge in [0.15, 0.2) is 0 Å². The molecule has 0 aliphatic heterocycles. The minimum atomic E-state index is 0.323. The molecule has 0 saturated carbocycles. The van der Waals surface area contributed by atoms with E-state index in [-0.39, 0.29) is 0 Å². The summed E-state index contributed by atoms with van der Waals surface area (Å²) in [5.41, 5.74) is 1.20. The molecular formula is C11H7ClN2O. The SMILES string of the molecule is COc1ccc2nc(Cl)cc(C#N)c2c1.